The average molecular weight is 608 g/mol. The number of fused-ring (bicyclic) bond motifs is 8. The van der Waals surface area contributed by atoms with Gasteiger partial charge in [-0.2, -0.15) is 0 Å². The predicted molar refractivity (Wildman–Crippen MR) is 180 cm³/mol. The number of rotatable bonds is 5. The first kappa shape index (κ1) is 27.1. The molecule has 0 aliphatic heterocycles. The molecular weight excluding hydrogens is 582 g/mol. The van der Waals surface area contributed by atoms with Crippen LogP contribution < -0.4 is 0 Å². The summed E-state index contributed by atoms with van der Waals surface area (Å²) >= 11 is 0. The summed E-state index contributed by atoms with van der Waals surface area (Å²) in [4.78, 5) is 9.04. The molecule has 9 nitrogen and oxygen atoms in total. The summed E-state index contributed by atoms with van der Waals surface area (Å²) in [5.74, 6) is -4.78. The van der Waals surface area contributed by atoms with Crippen molar-refractivity contribution in [1.29, 1.82) is 0 Å². The number of furan rings is 1. The van der Waals surface area contributed by atoms with Crippen LogP contribution in [0.2, 0.25) is 0 Å². The molecule has 6 aromatic carbocycles. The lowest BCUT2D eigenvalue weighted by Crippen LogP contribution is -2.08. The zero-order valence-electron chi connectivity index (χ0n) is 24.1. The summed E-state index contributed by atoms with van der Waals surface area (Å²) in [5.41, 5.74) is 3.56. The van der Waals surface area contributed by atoms with Gasteiger partial charge in [-0.15, -0.1) is 0 Å². The van der Waals surface area contributed by atoms with Crippen LogP contribution in [-0.4, -0.2) is 42.5 Å². The maximum Gasteiger partial charge on any atom is 0.208 e. The quantitative estimate of drug-likeness (QED) is 0.0758. The highest BCUT2D eigenvalue weighted by Gasteiger charge is 2.28. The Morgan fingerprint density at radius 1 is 0.652 bits per heavy atom. The smallest absolute Gasteiger partial charge is 0.208 e. The van der Waals surface area contributed by atoms with Gasteiger partial charge in [0, 0.05) is 21.7 Å². The van der Waals surface area contributed by atoms with Gasteiger partial charge in [0.05, 0.1) is 33.4 Å². The van der Waals surface area contributed by atoms with Gasteiger partial charge < -0.3 is 34.5 Å². The number of phenols is 5. The van der Waals surface area contributed by atoms with Gasteiger partial charge in [-0.1, -0.05) is 60.7 Å². The molecule has 0 amide bonds. The van der Waals surface area contributed by atoms with E-state index in [1.165, 1.54) is 0 Å². The summed E-state index contributed by atoms with van der Waals surface area (Å²) in [5, 5.41) is 59.0. The second kappa shape index (κ2) is 10.0. The fourth-order valence-electron chi connectivity index (χ4n) is 6.39. The van der Waals surface area contributed by atoms with Crippen molar-refractivity contribution in [3.05, 3.63) is 108 Å². The van der Waals surface area contributed by atoms with Crippen LogP contribution in [0.1, 0.15) is 11.1 Å². The third-order valence-electron chi connectivity index (χ3n) is 8.54. The molecule has 0 aliphatic rings. The number of hydrogen-bond acceptors (Lipinski definition) is 8. The summed E-state index contributed by atoms with van der Waals surface area (Å²) in [6, 6.07) is 31.0. The molecule has 0 bridgehead atoms. The fraction of sp³-hybridized carbons (Fsp3) is 0.0270. The number of benzene rings is 6. The lowest BCUT2D eigenvalue weighted by Gasteiger charge is -2.16. The predicted octanol–water partition coefficient (Wildman–Crippen LogP) is 8.20. The molecule has 0 radical (unpaired) electrons. The van der Waals surface area contributed by atoms with Crippen LogP contribution >= 0.6 is 0 Å². The molecule has 2 heterocycles. The van der Waals surface area contributed by atoms with Crippen LogP contribution in [0.25, 0.3) is 54.5 Å². The van der Waals surface area contributed by atoms with E-state index in [4.69, 9.17) is 9.41 Å². The Balaban J connectivity index is 1.49. The first-order chi connectivity index (χ1) is 22.4. The van der Waals surface area contributed by atoms with Crippen LogP contribution in [0.15, 0.2) is 111 Å². The van der Waals surface area contributed by atoms with Gasteiger partial charge >= 0.3 is 0 Å². The van der Waals surface area contributed by atoms with Crippen molar-refractivity contribution >= 4 is 72.6 Å². The minimum atomic E-state index is -1.06. The number of aliphatic imine (C=N–C) groups is 2. The van der Waals surface area contributed by atoms with E-state index >= 15 is 0 Å². The zero-order chi connectivity index (χ0) is 31.7. The number of hydrogen-bond donors (Lipinski definition) is 5. The van der Waals surface area contributed by atoms with E-state index in [0.29, 0.717) is 16.8 Å². The Kier molecular flexibility index (Phi) is 5.91. The first-order valence-corrected chi connectivity index (χ1v) is 14.4. The van der Waals surface area contributed by atoms with Gasteiger partial charge in [-0.25, -0.2) is 0 Å². The number of aromatic hydroxyl groups is 5. The summed E-state index contributed by atoms with van der Waals surface area (Å²) in [7, 11) is 0. The van der Waals surface area contributed by atoms with Crippen LogP contribution in [0.3, 0.4) is 0 Å². The molecule has 0 spiro atoms. The van der Waals surface area contributed by atoms with Gasteiger partial charge in [0.25, 0.3) is 0 Å². The van der Waals surface area contributed by atoms with Crippen LogP contribution in [0.4, 0.5) is 5.69 Å². The Morgan fingerprint density at radius 3 is 2.07 bits per heavy atom. The summed E-state index contributed by atoms with van der Waals surface area (Å²) in [6.45, 7) is 3.63. The van der Waals surface area contributed by atoms with Crippen molar-refractivity contribution in [3.63, 3.8) is 0 Å². The van der Waals surface area contributed by atoms with Gasteiger partial charge in [-0.3, -0.25) is 9.98 Å². The molecule has 0 fully saturated rings. The molecule has 2 aromatic heterocycles. The summed E-state index contributed by atoms with van der Waals surface area (Å²) < 4.78 is 8.28. The monoisotopic (exact) mass is 607 g/mol. The van der Waals surface area contributed by atoms with E-state index < -0.39 is 28.7 Å². The molecule has 46 heavy (non-hydrogen) atoms. The molecule has 9 heteroatoms. The fourth-order valence-corrected chi connectivity index (χ4v) is 6.39. The topological polar surface area (TPSA) is 144 Å². The standard InChI is InChI=1S/C37H25N3O6/c1-38-25-12-6-4-10-22(25)31(30-33(41)35(43)37(45)36(44)34(30)42)39-18-40-26-17-20-9-3-2-8-19(20)16-24(26)21-14-15-28-29(32(21)40)23-11-5-7-13-27(23)46-28/h2-17,41-45H,1,18H2/b39-31+. The van der Waals surface area contributed by atoms with Gasteiger partial charge in [0.1, 0.15) is 17.8 Å². The normalized spacial score (nSPS) is 12.2. The molecule has 224 valence electrons. The highest BCUT2D eigenvalue weighted by Crippen LogP contribution is 2.52. The molecule has 0 unspecified atom stereocenters. The van der Waals surface area contributed by atoms with E-state index in [1.54, 1.807) is 24.3 Å². The molecule has 0 aliphatic carbocycles. The van der Waals surface area contributed by atoms with E-state index in [9.17, 15) is 25.5 Å². The van der Waals surface area contributed by atoms with Crippen molar-refractivity contribution in [2.24, 2.45) is 9.98 Å². The van der Waals surface area contributed by atoms with Crippen molar-refractivity contribution in [3.8, 4) is 28.7 Å². The van der Waals surface area contributed by atoms with Gasteiger partial charge in [-0.05, 0) is 53.9 Å². The second-order valence-corrected chi connectivity index (χ2v) is 11.0. The molecule has 8 rings (SSSR count). The van der Waals surface area contributed by atoms with Gasteiger partial charge in [0.15, 0.2) is 11.5 Å². The van der Waals surface area contributed by atoms with E-state index in [1.807, 2.05) is 59.2 Å². The molecule has 8 aromatic rings. The lowest BCUT2D eigenvalue weighted by molar-refractivity contribution is 0.327. The van der Waals surface area contributed by atoms with Gasteiger partial charge in [0.2, 0.25) is 17.2 Å². The van der Waals surface area contributed by atoms with Crippen LogP contribution in [0, 0.1) is 0 Å². The number of phenolic OH excluding ortho intramolecular Hbond substituents is 5. The average Bonchev–Trinajstić information content (AvgIpc) is 3.61. The Bertz CT molecular complexity index is 2570. The Hall–Kier alpha value is -6.48. The molecule has 5 N–H and O–H groups in total. The lowest BCUT2D eigenvalue weighted by atomic mass is 9.97. The van der Waals surface area contributed by atoms with Crippen molar-refractivity contribution in [1.82, 2.24) is 4.57 Å². The zero-order valence-corrected chi connectivity index (χ0v) is 24.1. The third kappa shape index (κ3) is 3.82. The Labute approximate surface area is 260 Å². The van der Waals surface area contributed by atoms with Crippen LogP contribution in [0.5, 0.6) is 28.7 Å². The maximum absolute atomic E-state index is 11.0. The van der Waals surface area contributed by atoms with E-state index in [2.05, 4.69) is 29.9 Å². The highest BCUT2D eigenvalue weighted by atomic mass is 16.4. The molecular formula is C37H25N3O6. The van der Waals surface area contributed by atoms with Crippen molar-refractivity contribution < 1.29 is 29.9 Å². The molecule has 0 saturated heterocycles. The summed E-state index contributed by atoms with van der Waals surface area (Å²) in [6.07, 6.45) is 0. The maximum atomic E-state index is 11.0. The largest absolute Gasteiger partial charge is 0.504 e. The number of nitrogens with zero attached hydrogens (tertiary/aromatic N) is 3. The minimum Gasteiger partial charge on any atom is -0.504 e. The number of aromatic nitrogens is 1. The van der Waals surface area contributed by atoms with Crippen molar-refractivity contribution in [2.75, 3.05) is 0 Å². The third-order valence-corrected chi connectivity index (χ3v) is 8.54. The van der Waals surface area contributed by atoms with E-state index in [0.717, 1.165) is 48.9 Å². The SMILES string of the molecule is C=Nc1ccccc1/C(=N\Cn1c2cc3ccccc3cc2c2ccc3oc4ccccc4c3c21)c1c(O)c(O)c(O)c(O)c1O. The second-order valence-electron chi connectivity index (χ2n) is 11.0. The number of para-hydroxylation sites is 2. The first-order valence-electron chi connectivity index (χ1n) is 14.4. The van der Waals surface area contributed by atoms with E-state index in [-0.39, 0.29) is 17.9 Å². The highest BCUT2D eigenvalue weighted by molar-refractivity contribution is 6.25. The molecule has 0 saturated carbocycles. The Morgan fingerprint density at radius 2 is 1.30 bits per heavy atom. The van der Waals surface area contributed by atoms with Crippen molar-refractivity contribution in [2.45, 2.75) is 6.67 Å². The molecule has 0 atom stereocenters. The van der Waals surface area contributed by atoms with Crippen LogP contribution in [-0.2, 0) is 6.67 Å². The minimum absolute atomic E-state index is 0.00335.